The fourth-order valence-electron chi connectivity index (χ4n) is 2.63. The number of carbonyl (C=O) groups excluding carboxylic acids is 1. The van der Waals surface area contributed by atoms with Gasteiger partial charge in [-0.05, 0) is 29.8 Å². The first-order valence-electron chi connectivity index (χ1n) is 8.65. The van der Waals surface area contributed by atoms with E-state index in [0.717, 1.165) is 12.1 Å². The molecule has 0 saturated carbocycles. The van der Waals surface area contributed by atoms with Gasteiger partial charge in [0.05, 0.1) is 28.1 Å². The average molecular weight is 452 g/mol. The second kappa shape index (κ2) is 9.00. The maximum atomic E-state index is 12.7. The van der Waals surface area contributed by atoms with Gasteiger partial charge in [0.15, 0.2) is 0 Å². The van der Waals surface area contributed by atoms with E-state index in [9.17, 15) is 28.1 Å². The molecule has 11 heteroatoms. The van der Waals surface area contributed by atoms with Gasteiger partial charge in [-0.2, -0.15) is 18.3 Å². The first kappa shape index (κ1) is 22.0. The Morgan fingerprint density at radius 2 is 1.97 bits per heavy atom. The van der Waals surface area contributed by atoms with Gasteiger partial charge in [-0.25, -0.2) is 5.43 Å². The quantitative estimate of drug-likeness (QED) is 0.315. The van der Waals surface area contributed by atoms with Crippen LogP contribution in [0.4, 0.5) is 18.9 Å². The van der Waals surface area contributed by atoms with Crippen molar-refractivity contribution in [2.75, 3.05) is 0 Å². The third-order valence-electron chi connectivity index (χ3n) is 4.06. The number of benzene rings is 2. The summed E-state index contributed by atoms with van der Waals surface area (Å²) in [7, 11) is 0. The van der Waals surface area contributed by atoms with Crippen molar-refractivity contribution in [1.82, 2.24) is 5.43 Å². The lowest BCUT2D eigenvalue weighted by Crippen LogP contribution is -2.20. The predicted octanol–water partition coefficient (Wildman–Crippen LogP) is 5.22. The summed E-state index contributed by atoms with van der Waals surface area (Å²) in [5.74, 6) is -0.0267. The molecular weight excluding hydrogens is 439 g/mol. The molecule has 3 rings (SSSR count). The third-order valence-corrected chi connectivity index (χ3v) is 4.37. The van der Waals surface area contributed by atoms with Crippen molar-refractivity contribution in [2.24, 2.45) is 5.10 Å². The fraction of sp³-hybridized carbons (Fsp3) is 0.100. The van der Waals surface area contributed by atoms with Crippen LogP contribution in [0, 0.1) is 10.1 Å². The first-order chi connectivity index (χ1) is 14.6. The zero-order valence-corrected chi connectivity index (χ0v) is 16.3. The van der Waals surface area contributed by atoms with E-state index >= 15 is 0 Å². The molecule has 1 N–H and O–H groups in total. The zero-order chi connectivity index (χ0) is 22.6. The number of nitro groups is 1. The van der Waals surface area contributed by atoms with E-state index in [1.807, 2.05) is 0 Å². The molecule has 0 spiro atoms. The van der Waals surface area contributed by atoms with Gasteiger partial charge in [-0.3, -0.25) is 14.9 Å². The summed E-state index contributed by atoms with van der Waals surface area (Å²) < 4.78 is 43.7. The third kappa shape index (κ3) is 5.70. The number of rotatable bonds is 6. The molecule has 0 unspecified atom stereocenters. The van der Waals surface area contributed by atoms with Crippen LogP contribution in [0.2, 0.25) is 5.02 Å². The number of hydrogen-bond acceptors (Lipinski definition) is 5. The monoisotopic (exact) mass is 451 g/mol. The molecule has 0 saturated heterocycles. The van der Waals surface area contributed by atoms with Crippen LogP contribution >= 0.6 is 11.6 Å². The maximum absolute atomic E-state index is 12.7. The van der Waals surface area contributed by atoms with E-state index in [2.05, 4.69) is 10.5 Å². The Morgan fingerprint density at radius 1 is 1.19 bits per heavy atom. The zero-order valence-electron chi connectivity index (χ0n) is 15.5. The molecule has 1 amide bonds. The van der Waals surface area contributed by atoms with E-state index in [0.29, 0.717) is 11.3 Å². The topological polar surface area (TPSA) is 97.7 Å². The van der Waals surface area contributed by atoms with Crippen molar-refractivity contribution in [2.45, 2.75) is 12.6 Å². The molecular formula is C20H13ClF3N3O4. The number of nitro benzene ring substituents is 1. The Labute approximate surface area is 178 Å². The molecule has 7 nitrogen and oxygen atoms in total. The number of non-ortho nitro benzene ring substituents is 1. The number of hydrazone groups is 1. The second-order valence-corrected chi connectivity index (χ2v) is 6.70. The van der Waals surface area contributed by atoms with E-state index in [1.165, 1.54) is 42.6 Å². The van der Waals surface area contributed by atoms with Crippen LogP contribution in [-0.2, 0) is 17.4 Å². The minimum absolute atomic E-state index is 0.126. The van der Waals surface area contributed by atoms with Crippen LogP contribution in [0.15, 0.2) is 64.1 Å². The molecule has 0 fully saturated rings. The van der Waals surface area contributed by atoms with Gasteiger partial charge in [-0.1, -0.05) is 29.8 Å². The average Bonchev–Trinajstić information content (AvgIpc) is 3.16. The predicted molar refractivity (Wildman–Crippen MR) is 107 cm³/mol. The molecule has 1 heterocycles. The number of nitrogens with zero attached hydrogens (tertiary/aromatic N) is 2. The molecule has 0 bridgehead atoms. The number of hydrogen-bond donors (Lipinski definition) is 1. The van der Waals surface area contributed by atoms with Gasteiger partial charge in [-0.15, -0.1) is 0 Å². The lowest BCUT2D eigenvalue weighted by molar-refractivity contribution is -0.384. The maximum Gasteiger partial charge on any atom is 0.416 e. The molecule has 31 heavy (non-hydrogen) atoms. The Hall–Kier alpha value is -3.66. The smallest absolute Gasteiger partial charge is 0.416 e. The Morgan fingerprint density at radius 3 is 2.65 bits per heavy atom. The summed E-state index contributed by atoms with van der Waals surface area (Å²) in [5, 5.41) is 14.6. The van der Waals surface area contributed by atoms with Crippen molar-refractivity contribution < 1.29 is 27.3 Å². The summed E-state index contributed by atoms with van der Waals surface area (Å²) >= 11 is 6.05. The number of halogens is 4. The van der Waals surface area contributed by atoms with Gasteiger partial charge < -0.3 is 4.42 Å². The summed E-state index contributed by atoms with van der Waals surface area (Å²) in [4.78, 5) is 22.1. The number of carbonyl (C=O) groups is 1. The van der Waals surface area contributed by atoms with Crippen molar-refractivity contribution >= 4 is 29.4 Å². The molecule has 2 aromatic carbocycles. The van der Waals surface area contributed by atoms with Crippen molar-refractivity contribution in [3.63, 3.8) is 0 Å². The number of amides is 1. The van der Waals surface area contributed by atoms with E-state index in [-0.39, 0.29) is 28.5 Å². The summed E-state index contributed by atoms with van der Waals surface area (Å²) in [6.07, 6.45) is -3.58. The number of nitrogens with one attached hydrogen (secondary N) is 1. The minimum Gasteiger partial charge on any atom is -0.455 e. The lowest BCUT2D eigenvalue weighted by Gasteiger charge is -2.08. The molecule has 0 aliphatic carbocycles. The number of alkyl halides is 3. The minimum atomic E-state index is -4.49. The van der Waals surface area contributed by atoms with Gasteiger partial charge >= 0.3 is 6.18 Å². The van der Waals surface area contributed by atoms with Gasteiger partial charge in [0, 0.05) is 17.7 Å². The molecule has 160 valence electrons. The van der Waals surface area contributed by atoms with E-state index in [1.54, 1.807) is 6.07 Å². The van der Waals surface area contributed by atoms with Crippen LogP contribution in [0.3, 0.4) is 0 Å². The van der Waals surface area contributed by atoms with Crippen LogP contribution in [0.5, 0.6) is 0 Å². The second-order valence-electron chi connectivity index (χ2n) is 6.29. The van der Waals surface area contributed by atoms with Crippen molar-refractivity contribution in [3.05, 3.63) is 86.6 Å². The summed E-state index contributed by atoms with van der Waals surface area (Å²) in [5.41, 5.74) is 1.83. The molecule has 1 aromatic heterocycles. The molecule has 0 radical (unpaired) electrons. The molecule has 0 aliphatic rings. The SMILES string of the molecule is O=C(Cc1cccc(C(F)(F)F)c1)NN=Cc1ccc(-c2ccc([N+](=O)[O-])cc2Cl)o1. The van der Waals surface area contributed by atoms with Crippen LogP contribution in [-0.4, -0.2) is 17.0 Å². The van der Waals surface area contributed by atoms with Gasteiger partial charge in [0.1, 0.15) is 11.5 Å². The van der Waals surface area contributed by atoms with Crippen molar-refractivity contribution in [1.29, 1.82) is 0 Å². The number of furan rings is 1. The molecule has 0 atom stereocenters. The van der Waals surface area contributed by atoms with Crippen LogP contribution in [0.1, 0.15) is 16.9 Å². The first-order valence-corrected chi connectivity index (χ1v) is 9.03. The Balaban J connectivity index is 1.62. The lowest BCUT2D eigenvalue weighted by atomic mass is 10.1. The van der Waals surface area contributed by atoms with Crippen LogP contribution in [0.25, 0.3) is 11.3 Å². The highest BCUT2D eigenvalue weighted by Gasteiger charge is 2.30. The van der Waals surface area contributed by atoms with E-state index in [4.69, 9.17) is 16.0 Å². The standard InChI is InChI=1S/C20H13ClF3N3O4/c21-17-10-14(27(29)30)4-6-16(17)18-7-5-15(31-18)11-25-26-19(28)9-12-2-1-3-13(8-12)20(22,23)24/h1-8,10-11H,9H2,(H,26,28). The summed E-state index contributed by atoms with van der Waals surface area (Å²) in [6.45, 7) is 0. The largest absolute Gasteiger partial charge is 0.455 e. The Bertz CT molecular complexity index is 1160. The van der Waals surface area contributed by atoms with Crippen molar-refractivity contribution in [3.8, 4) is 11.3 Å². The van der Waals surface area contributed by atoms with Gasteiger partial charge in [0.2, 0.25) is 5.91 Å². The highest BCUT2D eigenvalue weighted by Crippen LogP contribution is 2.32. The van der Waals surface area contributed by atoms with Gasteiger partial charge in [0.25, 0.3) is 5.69 Å². The Kier molecular flexibility index (Phi) is 6.40. The molecule has 3 aromatic rings. The normalized spacial score (nSPS) is 11.6. The molecule has 0 aliphatic heterocycles. The highest BCUT2D eigenvalue weighted by molar-refractivity contribution is 6.33. The van der Waals surface area contributed by atoms with Crippen LogP contribution < -0.4 is 5.43 Å². The summed E-state index contributed by atoms with van der Waals surface area (Å²) in [6, 6.07) is 11.5. The van der Waals surface area contributed by atoms with E-state index < -0.39 is 22.6 Å². The highest BCUT2D eigenvalue weighted by atomic mass is 35.5. The fourth-order valence-corrected chi connectivity index (χ4v) is 2.90.